The fourth-order valence-electron chi connectivity index (χ4n) is 3.00. The van der Waals surface area contributed by atoms with Crippen molar-refractivity contribution >= 4 is 34.8 Å². The van der Waals surface area contributed by atoms with Gasteiger partial charge in [-0.3, -0.25) is 14.5 Å². The summed E-state index contributed by atoms with van der Waals surface area (Å²) in [6, 6.07) is 14.7. The number of nitrogens with zero attached hydrogens (tertiary/aromatic N) is 1. The molecule has 2 amide bonds. The first-order valence-corrected chi connectivity index (χ1v) is 8.60. The van der Waals surface area contributed by atoms with Crippen molar-refractivity contribution in [1.29, 1.82) is 0 Å². The predicted molar refractivity (Wildman–Crippen MR) is 98.9 cm³/mol. The molecule has 0 saturated carbocycles. The Bertz CT molecular complexity index is 809. The maximum absolute atomic E-state index is 13.0. The Morgan fingerprint density at radius 1 is 1.28 bits per heavy atom. The summed E-state index contributed by atoms with van der Waals surface area (Å²) in [4.78, 5) is 27.5. The minimum Gasteiger partial charge on any atom is -0.324 e. The van der Waals surface area contributed by atoms with Gasteiger partial charge in [-0.2, -0.15) is 0 Å². The Balaban J connectivity index is 1.77. The van der Waals surface area contributed by atoms with Crippen LogP contribution in [0, 0.1) is 0 Å². The van der Waals surface area contributed by atoms with E-state index in [0.29, 0.717) is 17.3 Å². The van der Waals surface area contributed by atoms with Gasteiger partial charge in [-0.25, -0.2) is 0 Å². The smallest absolute Gasteiger partial charge is 0.285 e. The van der Waals surface area contributed by atoms with Crippen molar-refractivity contribution in [2.24, 2.45) is 0 Å². The van der Waals surface area contributed by atoms with Crippen LogP contribution in [0.3, 0.4) is 0 Å². The Hall–Kier alpha value is -2.37. The van der Waals surface area contributed by atoms with E-state index < -0.39 is 0 Å². The molecule has 3 rings (SSSR count). The molecule has 0 aliphatic carbocycles. The number of carbonyl (C=O) groups is 2. The number of quaternary nitrogens is 1. The molecule has 0 bridgehead atoms. The van der Waals surface area contributed by atoms with Crippen LogP contribution in [0.1, 0.15) is 12.5 Å². The molecule has 5 nitrogen and oxygen atoms in total. The van der Waals surface area contributed by atoms with E-state index in [2.05, 4.69) is 5.32 Å². The molecule has 1 heterocycles. The molecule has 0 radical (unpaired) electrons. The average Bonchev–Trinajstić information content (AvgIpc) is 2.59. The standard InChI is InChI=1S/C19H20ClN3O2/c1-13(22(2)11-14-6-5-7-15(20)10-14)19(25)23-12-18(24)21-16-8-3-4-9-17(16)23/h3-10,13H,11-12H2,1-2H3,(H,21,24)/p+1/t13-/m1/s1. The first kappa shape index (κ1) is 17.5. The Labute approximate surface area is 152 Å². The molecular weight excluding hydrogens is 338 g/mol. The Morgan fingerprint density at radius 2 is 2.04 bits per heavy atom. The highest BCUT2D eigenvalue weighted by Crippen LogP contribution is 2.29. The van der Waals surface area contributed by atoms with Crippen molar-refractivity contribution in [2.45, 2.75) is 19.5 Å². The number of nitrogens with one attached hydrogen (secondary N) is 2. The Kier molecular flexibility index (Phi) is 5.06. The van der Waals surface area contributed by atoms with Crippen molar-refractivity contribution in [3.8, 4) is 0 Å². The van der Waals surface area contributed by atoms with E-state index in [9.17, 15) is 9.59 Å². The van der Waals surface area contributed by atoms with Crippen molar-refractivity contribution in [3.63, 3.8) is 0 Å². The van der Waals surface area contributed by atoms with E-state index in [1.165, 1.54) is 0 Å². The summed E-state index contributed by atoms with van der Waals surface area (Å²) < 4.78 is 0. The van der Waals surface area contributed by atoms with Crippen LogP contribution in [0.2, 0.25) is 5.02 Å². The molecule has 0 saturated heterocycles. The quantitative estimate of drug-likeness (QED) is 0.874. The van der Waals surface area contributed by atoms with Crippen LogP contribution in [-0.4, -0.2) is 31.4 Å². The van der Waals surface area contributed by atoms with E-state index in [0.717, 1.165) is 16.2 Å². The van der Waals surface area contributed by atoms with Gasteiger partial charge in [0.2, 0.25) is 5.91 Å². The molecule has 0 aromatic heterocycles. The van der Waals surface area contributed by atoms with E-state index in [1.807, 2.05) is 56.4 Å². The average molecular weight is 359 g/mol. The second-order valence-corrected chi connectivity index (χ2v) is 6.80. The lowest BCUT2D eigenvalue weighted by Gasteiger charge is -2.32. The minimum atomic E-state index is -0.294. The molecule has 2 aromatic rings. The summed E-state index contributed by atoms with van der Waals surface area (Å²) in [5, 5.41) is 3.49. The van der Waals surface area contributed by atoms with Crippen molar-refractivity contribution in [1.82, 2.24) is 0 Å². The summed E-state index contributed by atoms with van der Waals surface area (Å²) in [5.74, 6) is -0.242. The summed E-state index contributed by atoms with van der Waals surface area (Å²) in [6.07, 6.45) is 0. The first-order chi connectivity index (χ1) is 12.0. The van der Waals surface area contributed by atoms with Gasteiger partial charge >= 0.3 is 0 Å². The monoisotopic (exact) mass is 358 g/mol. The molecule has 2 atom stereocenters. The number of halogens is 1. The number of rotatable bonds is 4. The normalized spacial score (nSPS) is 16.0. The van der Waals surface area contributed by atoms with Gasteiger partial charge in [0.05, 0.1) is 18.4 Å². The number of anilines is 2. The molecule has 0 fully saturated rings. The van der Waals surface area contributed by atoms with Crippen LogP contribution >= 0.6 is 11.6 Å². The highest BCUT2D eigenvalue weighted by Gasteiger charge is 2.33. The zero-order valence-corrected chi connectivity index (χ0v) is 15.0. The van der Waals surface area contributed by atoms with E-state index in [1.54, 1.807) is 11.0 Å². The van der Waals surface area contributed by atoms with Gasteiger partial charge in [-0.1, -0.05) is 35.9 Å². The van der Waals surface area contributed by atoms with Crippen molar-refractivity contribution in [2.75, 3.05) is 23.8 Å². The fourth-order valence-corrected chi connectivity index (χ4v) is 3.21. The molecule has 130 valence electrons. The number of amides is 2. The van der Waals surface area contributed by atoms with Gasteiger partial charge in [-0.05, 0) is 31.2 Å². The summed E-state index contributed by atoms with van der Waals surface area (Å²) in [6.45, 7) is 2.61. The zero-order valence-electron chi connectivity index (χ0n) is 14.3. The highest BCUT2D eigenvalue weighted by atomic mass is 35.5. The largest absolute Gasteiger partial charge is 0.324 e. The lowest BCUT2D eigenvalue weighted by Crippen LogP contribution is -3.12. The summed E-state index contributed by atoms with van der Waals surface area (Å²) in [7, 11) is 1.97. The molecule has 6 heteroatoms. The van der Waals surface area contributed by atoms with Crippen LogP contribution in [0.25, 0.3) is 0 Å². The third kappa shape index (κ3) is 3.83. The first-order valence-electron chi connectivity index (χ1n) is 8.22. The van der Waals surface area contributed by atoms with Crippen LogP contribution in [0.15, 0.2) is 48.5 Å². The second kappa shape index (κ2) is 7.25. The maximum Gasteiger partial charge on any atom is 0.285 e. The van der Waals surface area contributed by atoms with Gasteiger partial charge in [0.1, 0.15) is 13.1 Å². The molecule has 1 aliphatic rings. The number of likely N-dealkylation sites (N-methyl/N-ethyl adjacent to an activating group) is 1. The third-order valence-electron chi connectivity index (χ3n) is 4.52. The van der Waals surface area contributed by atoms with Crippen LogP contribution in [0.4, 0.5) is 11.4 Å². The number of benzene rings is 2. The lowest BCUT2D eigenvalue weighted by atomic mass is 10.1. The van der Waals surface area contributed by atoms with E-state index >= 15 is 0 Å². The third-order valence-corrected chi connectivity index (χ3v) is 4.75. The molecule has 2 aromatic carbocycles. The van der Waals surface area contributed by atoms with Crippen molar-refractivity contribution < 1.29 is 14.5 Å². The highest BCUT2D eigenvalue weighted by molar-refractivity contribution is 6.30. The van der Waals surface area contributed by atoms with Gasteiger partial charge in [0, 0.05) is 10.6 Å². The van der Waals surface area contributed by atoms with Gasteiger partial charge in [0.25, 0.3) is 5.91 Å². The lowest BCUT2D eigenvalue weighted by molar-refractivity contribution is -0.908. The van der Waals surface area contributed by atoms with Gasteiger partial charge in [-0.15, -0.1) is 0 Å². The second-order valence-electron chi connectivity index (χ2n) is 6.36. The zero-order chi connectivity index (χ0) is 18.0. The Morgan fingerprint density at radius 3 is 2.80 bits per heavy atom. The number of carbonyl (C=O) groups excluding carboxylic acids is 2. The SMILES string of the molecule is C[C@H](C(=O)N1CC(=O)Nc2ccccc21)[NH+](C)Cc1cccc(Cl)c1. The number of para-hydroxylation sites is 2. The molecule has 1 aliphatic heterocycles. The molecule has 25 heavy (non-hydrogen) atoms. The minimum absolute atomic E-state index is 0.0463. The molecule has 1 unspecified atom stereocenters. The van der Waals surface area contributed by atoms with E-state index in [4.69, 9.17) is 11.6 Å². The fraction of sp³-hybridized carbons (Fsp3) is 0.263. The summed E-state index contributed by atoms with van der Waals surface area (Å²) >= 11 is 6.04. The predicted octanol–water partition coefficient (Wildman–Crippen LogP) is 1.73. The molecule has 2 N–H and O–H groups in total. The van der Waals surface area contributed by atoms with Crippen LogP contribution < -0.4 is 15.1 Å². The van der Waals surface area contributed by atoms with Crippen LogP contribution in [-0.2, 0) is 16.1 Å². The molecule has 0 spiro atoms. The number of hydrogen-bond acceptors (Lipinski definition) is 2. The summed E-state index contributed by atoms with van der Waals surface area (Å²) in [5.41, 5.74) is 2.49. The molecular formula is C19H21ClN3O2+. The van der Waals surface area contributed by atoms with E-state index in [-0.39, 0.29) is 24.4 Å². The van der Waals surface area contributed by atoms with Gasteiger partial charge in [0.15, 0.2) is 6.04 Å². The number of fused-ring (bicyclic) bond motifs is 1. The van der Waals surface area contributed by atoms with Crippen molar-refractivity contribution in [3.05, 3.63) is 59.1 Å². The number of hydrogen-bond donors (Lipinski definition) is 2. The van der Waals surface area contributed by atoms with Crippen LogP contribution in [0.5, 0.6) is 0 Å². The maximum atomic E-state index is 13.0. The topological polar surface area (TPSA) is 53.9 Å². The van der Waals surface area contributed by atoms with Gasteiger partial charge < -0.3 is 10.2 Å².